The number of oxime groups is 1. The Labute approximate surface area is 108 Å². The van der Waals surface area contributed by atoms with Gasteiger partial charge >= 0.3 is 0 Å². The first-order valence-electron chi connectivity index (χ1n) is 5.50. The van der Waals surface area contributed by atoms with Crippen LogP contribution >= 0.6 is 0 Å². The molecule has 0 radical (unpaired) electrons. The van der Waals surface area contributed by atoms with Crippen molar-refractivity contribution in [2.24, 2.45) is 22.7 Å². The van der Waals surface area contributed by atoms with E-state index in [1.807, 2.05) is 0 Å². The standard InChI is InChI=1S/C10H21N3O4S/c1-7(2)8(9(11)12-15)10(14)13(3)5-6-18(4,16)17/h7-8,15H,5-6H2,1-4H3,(H2,11,12). The van der Waals surface area contributed by atoms with Crippen LogP contribution in [0, 0.1) is 11.8 Å². The normalized spacial score (nSPS) is 14.6. The predicted molar refractivity (Wildman–Crippen MR) is 69.1 cm³/mol. The van der Waals surface area contributed by atoms with Crippen LogP contribution in [-0.2, 0) is 14.6 Å². The minimum absolute atomic E-state index is 0.0829. The Bertz CT molecular complexity index is 417. The summed E-state index contributed by atoms with van der Waals surface area (Å²) in [5.41, 5.74) is 5.47. The second kappa shape index (κ2) is 6.58. The zero-order chi connectivity index (χ0) is 14.5. The van der Waals surface area contributed by atoms with E-state index >= 15 is 0 Å². The van der Waals surface area contributed by atoms with Gasteiger partial charge in [-0.05, 0) is 5.92 Å². The van der Waals surface area contributed by atoms with Crippen LogP contribution in [0.3, 0.4) is 0 Å². The van der Waals surface area contributed by atoms with Crippen LogP contribution in [0.5, 0.6) is 0 Å². The summed E-state index contributed by atoms with van der Waals surface area (Å²) >= 11 is 0. The molecule has 0 aromatic rings. The van der Waals surface area contributed by atoms with E-state index in [2.05, 4.69) is 5.16 Å². The molecule has 0 aromatic carbocycles. The van der Waals surface area contributed by atoms with E-state index in [1.54, 1.807) is 13.8 Å². The Kier molecular flexibility index (Phi) is 6.10. The van der Waals surface area contributed by atoms with Crippen LogP contribution in [0.15, 0.2) is 5.16 Å². The van der Waals surface area contributed by atoms with E-state index in [4.69, 9.17) is 10.9 Å². The zero-order valence-electron chi connectivity index (χ0n) is 11.1. The molecule has 0 rings (SSSR count). The number of carbonyl (C=O) groups is 1. The molecule has 1 unspecified atom stereocenters. The van der Waals surface area contributed by atoms with Crippen molar-refractivity contribution in [3.63, 3.8) is 0 Å². The second-order valence-corrected chi connectivity index (χ2v) is 6.90. The summed E-state index contributed by atoms with van der Waals surface area (Å²) in [6, 6.07) is 0. The molecule has 0 fully saturated rings. The Hall–Kier alpha value is -1.31. The highest BCUT2D eigenvalue weighted by molar-refractivity contribution is 7.90. The third kappa shape index (κ3) is 5.35. The monoisotopic (exact) mass is 279 g/mol. The molecule has 1 amide bonds. The van der Waals surface area contributed by atoms with Crippen molar-refractivity contribution in [2.75, 3.05) is 25.6 Å². The van der Waals surface area contributed by atoms with Crippen LogP contribution in [0.1, 0.15) is 13.8 Å². The molecule has 0 aliphatic rings. The summed E-state index contributed by atoms with van der Waals surface area (Å²) in [7, 11) is -1.64. The van der Waals surface area contributed by atoms with Crippen molar-refractivity contribution in [1.29, 1.82) is 0 Å². The first-order valence-corrected chi connectivity index (χ1v) is 7.56. The third-order valence-corrected chi connectivity index (χ3v) is 3.46. The Balaban J connectivity index is 4.79. The Morgan fingerprint density at radius 1 is 1.44 bits per heavy atom. The van der Waals surface area contributed by atoms with Crippen molar-refractivity contribution in [1.82, 2.24) is 4.90 Å². The lowest BCUT2D eigenvalue weighted by Crippen LogP contribution is -2.44. The van der Waals surface area contributed by atoms with Crippen molar-refractivity contribution in [3.05, 3.63) is 0 Å². The number of amidine groups is 1. The zero-order valence-corrected chi connectivity index (χ0v) is 11.9. The van der Waals surface area contributed by atoms with Crippen LogP contribution in [-0.4, -0.2) is 55.9 Å². The quantitative estimate of drug-likeness (QED) is 0.295. The summed E-state index contributed by atoms with van der Waals surface area (Å²) in [6.45, 7) is 3.62. The van der Waals surface area contributed by atoms with Crippen molar-refractivity contribution >= 4 is 21.6 Å². The number of carbonyl (C=O) groups excluding carboxylic acids is 1. The molecule has 0 aliphatic heterocycles. The van der Waals surface area contributed by atoms with Crippen molar-refractivity contribution in [2.45, 2.75) is 13.8 Å². The first kappa shape index (κ1) is 16.7. The van der Waals surface area contributed by atoms with E-state index in [0.29, 0.717) is 0 Å². The van der Waals surface area contributed by atoms with Gasteiger partial charge in [-0.25, -0.2) is 8.42 Å². The fraction of sp³-hybridized carbons (Fsp3) is 0.800. The average molecular weight is 279 g/mol. The van der Waals surface area contributed by atoms with Crippen molar-refractivity contribution in [3.8, 4) is 0 Å². The highest BCUT2D eigenvalue weighted by atomic mass is 32.2. The number of rotatable bonds is 6. The van der Waals surface area contributed by atoms with Gasteiger partial charge in [0.2, 0.25) is 5.91 Å². The SMILES string of the molecule is CC(C)C(C(=O)N(C)CCS(C)(=O)=O)C(N)=NO. The summed E-state index contributed by atoms with van der Waals surface area (Å²) in [6.07, 6.45) is 1.11. The van der Waals surface area contributed by atoms with Crippen LogP contribution in [0.2, 0.25) is 0 Å². The van der Waals surface area contributed by atoms with Crippen molar-refractivity contribution < 1.29 is 18.4 Å². The summed E-state index contributed by atoms with van der Waals surface area (Å²) in [5, 5.41) is 11.5. The Morgan fingerprint density at radius 2 is 1.94 bits per heavy atom. The van der Waals surface area contributed by atoms with E-state index in [1.165, 1.54) is 11.9 Å². The molecule has 3 N–H and O–H groups in total. The van der Waals surface area contributed by atoms with Gasteiger partial charge in [0.15, 0.2) is 5.84 Å². The fourth-order valence-electron chi connectivity index (χ4n) is 1.47. The molecule has 1 atom stereocenters. The topological polar surface area (TPSA) is 113 Å². The largest absolute Gasteiger partial charge is 0.409 e. The molecule has 0 aliphatic carbocycles. The van der Waals surface area contributed by atoms with Gasteiger partial charge in [-0.2, -0.15) is 0 Å². The van der Waals surface area contributed by atoms with Crippen LogP contribution < -0.4 is 5.73 Å². The number of hydrogen-bond donors (Lipinski definition) is 2. The van der Waals surface area contributed by atoms with Crippen LogP contribution in [0.4, 0.5) is 0 Å². The molecule has 106 valence electrons. The Morgan fingerprint density at radius 3 is 2.28 bits per heavy atom. The minimum atomic E-state index is -3.13. The van der Waals surface area contributed by atoms with E-state index in [0.717, 1.165) is 6.26 Å². The van der Waals surface area contributed by atoms with Gasteiger partial charge in [0.1, 0.15) is 15.8 Å². The number of hydrogen-bond acceptors (Lipinski definition) is 5. The number of sulfone groups is 1. The third-order valence-electron chi connectivity index (χ3n) is 2.54. The molecule has 0 bridgehead atoms. The smallest absolute Gasteiger partial charge is 0.233 e. The van der Waals surface area contributed by atoms with E-state index in [-0.39, 0.29) is 30.0 Å². The maximum absolute atomic E-state index is 12.1. The maximum atomic E-state index is 12.1. The number of nitrogens with two attached hydrogens (primary N) is 1. The lowest BCUT2D eigenvalue weighted by atomic mass is 9.93. The highest BCUT2D eigenvalue weighted by Gasteiger charge is 2.29. The summed E-state index contributed by atoms with van der Waals surface area (Å²) in [4.78, 5) is 13.3. The van der Waals surface area contributed by atoms with Gasteiger partial charge in [-0.15, -0.1) is 0 Å². The highest BCUT2D eigenvalue weighted by Crippen LogP contribution is 2.14. The predicted octanol–water partition coefficient (Wildman–Crippen LogP) is -0.492. The van der Waals surface area contributed by atoms with E-state index in [9.17, 15) is 13.2 Å². The number of amides is 1. The fourth-order valence-corrected chi connectivity index (χ4v) is 2.07. The molecule has 0 heterocycles. The van der Waals surface area contributed by atoms with E-state index < -0.39 is 15.8 Å². The average Bonchev–Trinajstić information content (AvgIpc) is 2.23. The molecule has 8 heteroatoms. The van der Waals surface area contributed by atoms with Crippen LogP contribution in [0.25, 0.3) is 0 Å². The maximum Gasteiger partial charge on any atom is 0.233 e. The molecule has 0 saturated carbocycles. The second-order valence-electron chi connectivity index (χ2n) is 4.64. The van der Waals surface area contributed by atoms with Gasteiger partial charge in [0.05, 0.1) is 5.75 Å². The van der Waals surface area contributed by atoms with Gasteiger partial charge in [-0.3, -0.25) is 4.79 Å². The molecule has 7 nitrogen and oxygen atoms in total. The lowest BCUT2D eigenvalue weighted by molar-refractivity contribution is -0.132. The molecule has 18 heavy (non-hydrogen) atoms. The summed E-state index contributed by atoms with van der Waals surface area (Å²) < 4.78 is 22.1. The molecule has 0 spiro atoms. The van der Waals surface area contributed by atoms with Gasteiger partial charge in [0.25, 0.3) is 0 Å². The van der Waals surface area contributed by atoms with Gasteiger partial charge in [0, 0.05) is 19.8 Å². The van der Waals surface area contributed by atoms with Gasteiger partial charge < -0.3 is 15.8 Å². The molecular weight excluding hydrogens is 258 g/mol. The van der Waals surface area contributed by atoms with Gasteiger partial charge in [-0.1, -0.05) is 19.0 Å². The minimum Gasteiger partial charge on any atom is -0.409 e. The molecule has 0 saturated heterocycles. The lowest BCUT2D eigenvalue weighted by Gasteiger charge is -2.25. The molecule has 0 aromatic heterocycles. The first-order chi connectivity index (χ1) is 8.10. The summed E-state index contributed by atoms with van der Waals surface area (Å²) in [5.74, 6) is -1.53. The molecular formula is C10H21N3O4S. The number of nitrogens with zero attached hydrogens (tertiary/aromatic N) is 2.